The third-order valence-electron chi connectivity index (χ3n) is 1.77. The minimum atomic E-state index is -0.417. The van der Waals surface area contributed by atoms with Crippen LogP contribution in [0.5, 0.6) is 0 Å². The number of carbonyl (C=O) groups excluding carboxylic acids is 2. The molecule has 0 aliphatic carbocycles. The molecule has 0 aliphatic heterocycles. The van der Waals surface area contributed by atoms with Gasteiger partial charge in [0, 0.05) is 0 Å². The summed E-state index contributed by atoms with van der Waals surface area (Å²) in [5, 5.41) is -0.208. The van der Waals surface area contributed by atoms with E-state index >= 15 is 0 Å². The molecule has 0 aromatic carbocycles. The fourth-order valence-corrected chi connectivity index (χ4v) is 0.950. The van der Waals surface area contributed by atoms with Crippen molar-refractivity contribution in [3.05, 3.63) is 0 Å². The lowest BCUT2D eigenvalue weighted by atomic mass is 10.3. The SMILES string of the molecule is CCCCOC(=O)CCC(=O)OCC(C)Cl. The lowest BCUT2D eigenvalue weighted by Crippen LogP contribution is -2.14. The number of ether oxygens (including phenoxy) is 2. The maximum atomic E-state index is 11.1. The predicted octanol–water partition coefficient (Wildman–Crippen LogP) is 2.28. The van der Waals surface area contributed by atoms with E-state index in [4.69, 9.17) is 21.1 Å². The lowest BCUT2D eigenvalue weighted by molar-refractivity contribution is -0.150. The van der Waals surface area contributed by atoms with Gasteiger partial charge in [0.15, 0.2) is 0 Å². The van der Waals surface area contributed by atoms with Gasteiger partial charge in [-0.2, -0.15) is 0 Å². The molecule has 0 bridgehead atoms. The summed E-state index contributed by atoms with van der Waals surface area (Å²) in [5.41, 5.74) is 0. The standard InChI is InChI=1S/C11H19ClO4/c1-3-4-7-15-10(13)5-6-11(14)16-8-9(2)12/h9H,3-8H2,1-2H3. The van der Waals surface area contributed by atoms with Crippen LogP contribution in [0.25, 0.3) is 0 Å². The summed E-state index contributed by atoms with van der Waals surface area (Å²) in [4.78, 5) is 22.2. The van der Waals surface area contributed by atoms with Crippen LogP contribution in [-0.4, -0.2) is 30.5 Å². The van der Waals surface area contributed by atoms with Crippen LogP contribution in [0.15, 0.2) is 0 Å². The van der Waals surface area contributed by atoms with Crippen LogP contribution in [0.2, 0.25) is 0 Å². The van der Waals surface area contributed by atoms with Crippen molar-refractivity contribution in [3.8, 4) is 0 Å². The Balaban J connectivity index is 3.47. The summed E-state index contributed by atoms with van der Waals surface area (Å²) < 4.78 is 9.69. The first-order valence-electron chi connectivity index (χ1n) is 5.51. The number of rotatable bonds is 8. The van der Waals surface area contributed by atoms with Gasteiger partial charge in [-0.1, -0.05) is 13.3 Å². The topological polar surface area (TPSA) is 52.6 Å². The monoisotopic (exact) mass is 250 g/mol. The molecule has 0 aromatic heterocycles. The highest BCUT2D eigenvalue weighted by molar-refractivity contribution is 6.20. The van der Waals surface area contributed by atoms with Gasteiger partial charge in [-0.3, -0.25) is 9.59 Å². The summed E-state index contributed by atoms with van der Waals surface area (Å²) >= 11 is 5.60. The van der Waals surface area contributed by atoms with Crippen molar-refractivity contribution in [2.24, 2.45) is 0 Å². The van der Waals surface area contributed by atoms with Crippen molar-refractivity contribution in [2.75, 3.05) is 13.2 Å². The molecule has 0 radical (unpaired) electrons. The summed E-state index contributed by atoms with van der Waals surface area (Å²) in [6.07, 6.45) is 1.94. The van der Waals surface area contributed by atoms with Gasteiger partial charge in [-0.15, -0.1) is 11.6 Å². The Morgan fingerprint density at radius 2 is 1.75 bits per heavy atom. The Kier molecular flexibility index (Phi) is 9.00. The molecule has 0 saturated heterocycles. The highest BCUT2D eigenvalue weighted by atomic mass is 35.5. The quantitative estimate of drug-likeness (QED) is 0.377. The molecule has 0 rings (SSSR count). The van der Waals surface area contributed by atoms with Gasteiger partial charge in [0.2, 0.25) is 0 Å². The summed E-state index contributed by atoms with van der Waals surface area (Å²) in [6, 6.07) is 0. The lowest BCUT2D eigenvalue weighted by Gasteiger charge is -2.06. The first-order chi connectivity index (χ1) is 7.56. The third kappa shape index (κ3) is 9.77. The molecular weight excluding hydrogens is 232 g/mol. The molecule has 0 saturated carbocycles. The zero-order valence-electron chi connectivity index (χ0n) is 9.83. The molecule has 0 amide bonds. The molecule has 4 nitrogen and oxygen atoms in total. The molecule has 1 unspecified atom stereocenters. The largest absolute Gasteiger partial charge is 0.466 e. The van der Waals surface area contributed by atoms with E-state index in [9.17, 15) is 9.59 Å². The van der Waals surface area contributed by atoms with Crippen molar-refractivity contribution in [2.45, 2.75) is 44.9 Å². The van der Waals surface area contributed by atoms with Crippen LogP contribution < -0.4 is 0 Å². The maximum absolute atomic E-state index is 11.1. The fourth-order valence-electron chi connectivity index (χ4n) is 0.887. The zero-order chi connectivity index (χ0) is 12.4. The Morgan fingerprint density at radius 3 is 2.25 bits per heavy atom. The smallest absolute Gasteiger partial charge is 0.306 e. The molecule has 0 aliphatic rings. The van der Waals surface area contributed by atoms with Gasteiger partial charge >= 0.3 is 11.9 Å². The first-order valence-corrected chi connectivity index (χ1v) is 5.95. The second-order valence-electron chi connectivity index (χ2n) is 3.54. The van der Waals surface area contributed by atoms with Gasteiger partial charge in [0.1, 0.15) is 6.61 Å². The molecule has 5 heteroatoms. The zero-order valence-corrected chi connectivity index (χ0v) is 10.6. The number of esters is 2. The molecular formula is C11H19ClO4. The summed E-state index contributed by atoms with van der Waals surface area (Å²) in [5.74, 6) is -0.774. The maximum Gasteiger partial charge on any atom is 0.306 e. The van der Waals surface area contributed by atoms with E-state index in [1.165, 1.54) is 0 Å². The number of halogens is 1. The van der Waals surface area contributed by atoms with Gasteiger partial charge in [0.05, 0.1) is 24.8 Å². The average molecular weight is 251 g/mol. The van der Waals surface area contributed by atoms with Crippen molar-refractivity contribution in [1.82, 2.24) is 0 Å². The fraction of sp³-hybridized carbons (Fsp3) is 0.818. The second-order valence-corrected chi connectivity index (χ2v) is 4.28. The van der Waals surface area contributed by atoms with Crippen LogP contribution in [0.4, 0.5) is 0 Å². The average Bonchev–Trinajstić information content (AvgIpc) is 2.24. The van der Waals surface area contributed by atoms with Crippen LogP contribution in [-0.2, 0) is 19.1 Å². The number of unbranched alkanes of at least 4 members (excludes halogenated alkanes) is 1. The molecule has 0 fully saturated rings. The third-order valence-corrected chi connectivity index (χ3v) is 1.89. The summed E-state index contributed by atoms with van der Waals surface area (Å²) in [7, 11) is 0. The van der Waals surface area contributed by atoms with E-state index in [1.54, 1.807) is 6.92 Å². The minimum Gasteiger partial charge on any atom is -0.466 e. The van der Waals surface area contributed by atoms with Gasteiger partial charge in [-0.05, 0) is 13.3 Å². The molecule has 16 heavy (non-hydrogen) atoms. The summed E-state index contributed by atoms with van der Waals surface area (Å²) in [6.45, 7) is 4.33. The Morgan fingerprint density at radius 1 is 1.19 bits per heavy atom. The molecule has 0 aromatic rings. The van der Waals surface area contributed by atoms with Crippen molar-refractivity contribution < 1.29 is 19.1 Å². The number of hydrogen-bond donors (Lipinski definition) is 0. The van der Waals surface area contributed by atoms with Gasteiger partial charge < -0.3 is 9.47 Å². The van der Waals surface area contributed by atoms with Crippen molar-refractivity contribution in [3.63, 3.8) is 0 Å². The predicted molar refractivity (Wildman–Crippen MR) is 61.4 cm³/mol. The van der Waals surface area contributed by atoms with Crippen molar-refractivity contribution in [1.29, 1.82) is 0 Å². The van der Waals surface area contributed by atoms with E-state index in [0.29, 0.717) is 6.61 Å². The van der Waals surface area contributed by atoms with E-state index in [0.717, 1.165) is 12.8 Å². The number of carbonyl (C=O) groups is 2. The molecule has 0 spiro atoms. The Bertz CT molecular complexity index is 216. The van der Waals surface area contributed by atoms with E-state index < -0.39 is 5.97 Å². The van der Waals surface area contributed by atoms with E-state index in [2.05, 4.69) is 0 Å². The number of hydrogen-bond acceptors (Lipinski definition) is 4. The molecule has 0 heterocycles. The first kappa shape index (κ1) is 15.2. The van der Waals surface area contributed by atoms with Gasteiger partial charge in [0.25, 0.3) is 0 Å². The van der Waals surface area contributed by atoms with Gasteiger partial charge in [-0.25, -0.2) is 0 Å². The molecule has 0 N–H and O–H groups in total. The van der Waals surface area contributed by atoms with Crippen LogP contribution in [0.1, 0.15) is 39.5 Å². The minimum absolute atomic E-state index is 0.0502. The van der Waals surface area contributed by atoms with E-state index in [1.807, 2.05) is 6.92 Å². The van der Waals surface area contributed by atoms with Crippen molar-refractivity contribution >= 4 is 23.5 Å². The van der Waals surface area contributed by atoms with Crippen LogP contribution >= 0.6 is 11.6 Å². The highest BCUT2D eigenvalue weighted by Gasteiger charge is 2.09. The van der Waals surface area contributed by atoms with E-state index in [-0.39, 0.29) is 30.8 Å². The number of alkyl halides is 1. The normalized spacial score (nSPS) is 11.9. The van der Waals surface area contributed by atoms with Crippen LogP contribution in [0, 0.1) is 0 Å². The molecule has 1 atom stereocenters. The highest BCUT2D eigenvalue weighted by Crippen LogP contribution is 2.00. The second kappa shape index (κ2) is 9.46. The Labute approximate surface area is 101 Å². The Hall–Kier alpha value is -0.770. The van der Waals surface area contributed by atoms with Crippen LogP contribution in [0.3, 0.4) is 0 Å². The molecule has 94 valence electrons.